The smallest absolute Gasteiger partial charge is 0.253 e. The van der Waals surface area contributed by atoms with Crippen molar-refractivity contribution in [2.75, 3.05) is 20.1 Å². The normalized spacial score (nSPS) is 19.4. The molecule has 5 heteroatoms. The Morgan fingerprint density at radius 3 is 2.53 bits per heavy atom. The van der Waals surface area contributed by atoms with Crippen LogP contribution in [0.4, 0.5) is 0 Å². The second-order valence-corrected chi connectivity index (χ2v) is 5.09. The number of likely N-dealkylation sites (N-methyl/N-ethyl adjacent to an activating group) is 1. The molecule has 1 amide bonds. The molecule has 1 heterocycles. The minimum Gasteiger partial charge on any atom is -0.337 e. The van der Waals surface area contributed by atoms with Crippen molar-refractivity contribution in [3.63, 3.8) is 0 Å². The van der Waals surface area contributed by atoms with Gasteiger partial charge in [0.2, 0.25) is 0 Å². The van der Waals surface area contributed by atoms with Crippen LogP contribution in [-0.2, 0) is 0 Å². The molecule has 1 aromatic carbocycles. The van der Waals surface area contributed by atoms with Gasteiger partial charge in [0.05, 0.1) is 0 Å². The van der Waals surface area contributed by atoms with Gasteiger partial charge in [0.25, 0.3) is 5.91 Å². The Labute approximate surface area is 111 Å². The van der Waals surface area contributed by atoms with E-state index in [1.165, 1.54) is 0 Å². The van der Waals surface area contributed by atoms with Gasteiger partial charge in [0, 0.05) is 35.2 Å². The highest BCUT2D eigenvalue weighted by atomic mass is 35.5. The van der Waals surface area contributed by atoms with E-state index in [2.05, 4.69) is 5.32 Å². The summed E-state index contributed by atoms with van der Waals surface area (Å²) in [6.07, 6.45) is 0.983. The highest BCUT2D eigenvalue weighted by Crippen LogP contribution is 2.21. The van der Waals surface area contributed by atoms with Crippen LogP contribution in [0.5, 0.6) is 0 Å². The van der Waals surface area contributed by atoms with Crippen LogP contribution >= 0.6 is 23.2 Å². The Morgan fingerprint density at radius 2 is 2.00 bits per heavy atom. The summed E-state index contributed by atoms with van der Waals surface area (Å²) in [7, 11) is 1.81. The molecule has 1 atom stereocenters. The number of halogens is 2. The summed E-state index contributed by atoms with van der Waals surface area (Å²) < 4.78 is 0. The summed E-state index contributed by atoms with van der Waals surface area (Å²) in [5.74, 6) is -0.0388. The maximum absolute atomic E-state index is 12.2. The summed E-state index contributed by atoms with van der Waals surface area (Å²) in [5.41, 5.74) is 0.539. The third kappa shape index (κ3) is 2.92. The molecular formula is C12H14Cl2N2O. The minimum atomic E-state index is -0.0388. The highest BCUT2D eigenvalue weighted by molar-refractivity contribution is 6.35. The van der Waals surface area contributed by atoms with Crippen LogP contribution in [0.25, 0.3) is 0 Å². The van der Waals surface area contributed by atoms with Gasteiger partial charge in [-0.15, -0.1) is 0 Å². The fourth-order valence-electron chi connectivity index (χ4n) is 2.02. The molecule has 2 rings (SSSR count). The van der Waals surface area contributed by atoms with Crippen LogP contribution in [0.1, 0.15) is 16.8 Å². The topological polar surface area (TPSA) is 32.3 Å². The fourth-order valence-corrected chi connectivity index (χ4v) is 2.54. The minimum absolute atomic E-state index is 0.0388. The number of rotatable bonds is 2. The number of nitrogens with one attached hydrogen (secondary N) is 1. The summed E-state index contributed by atoms with van der Waals surface area (Å²) in [4.78, 5) is 14.0. The third-order valence-corrected chi connectivity index (χ3v) is 3.45. The summed E-state index contributed by atoms with van der Waals surface area (Å²) in [5, 5.41) is 4.21. The molecule has 1 fully saturated rings. The predicted octanol–water partition coefficient (Wildman–Crippen LogP) is 2.43. The molecule has 0 saturated carbocycles. The monoisotopic (exact) mass is 272 g/mol. The molecule has 1 aromatic rings. The molecule has 92 valence electrons. The molecule has 17 heavy (non-hydrogen) atoms. The van der Waals surface area contributed by atoms with Crippen LogP contribution in [0.3, 0.4) is 0 Å². The van der Waals surface area contributed by atoms with Crippen LogP contribution in [0, 0.1) is 0 Å². The number of benzene rings is 1. The van der Waals surface area contributed by atoms with Gasteiger partial charge in [-0.05, 0) is 31.2 Å². The number of nitrogens with zero attached hydrogens (tertiary/aromatic N) is 1. The molecule has 0 bridgehead atoms. The molecule has 1 aliphatic heterocycles. The largest absolute Gasteiger partial charge is 0.337 e. The summed E-state index contributed by atoms with van der Waals surface area (Å²) >= 11 is 11.8. The van der Waals surface area contributed by atoms with Gasteiger partial charge in [0.1, 0.15) is 0 Å². The lowest BCUT2D eigenvalue weighted by Crippen LogP contribution is -2.38. The van der Waals surface area contributed by atoms with Gasteiger partial charge in [-0.2, -0.15) is 0 Å². The van der Waals surface area contributed by atoms with Crippen LogP contribution in [0.2, 0.25) is 10.0 Å². The molecule has 1 unspecified atom stereocenters. The molecule has 3 nitrogen and oxygen atoms in total. The molecule has 1 saturated heterocycles. The zero-order valence-electron chi connectivity index (χ0n) is 9.54. The van der Waals surface area contributed by atoms with E-state index in [-0.39, 0.29) is 11.9 Å². The molecule has 0 aliphatic carbocycles. The van der Waals surface area contributed by atoms with Gasteiger partial charge in [-0.25, -0.2) is 0 Å². The third-order valence-electron chi connectivity index (χ3n) is 3.01. The number of hydrogen-bond donors (Lipinski definition) is 1. The molecule has 0 radical (unpaired) electrons. The van der Waals surface area contributed by atoms with Gasteiger partial charge in [0.15, 0.2) is 0 Å². The van der Waals surface area contributed by atoms with Gasteiger partial charge < -0.3 is 10.2 Å². The molecule has 1 N–H and O–H groups in total. The lowest BCUT2D eigenvalue weighted by molar-refractivity contribution is 0.0744. The first-order valence-corrected chi connectivity index (χ1v) is 6.27. The maximum atomic E-state index is 12.2. The second kappa shape index (κ2) is 5.25. The van der Waals surface area contributed by atoms with E-state index in [1.807, 2.05) is 7.05 Å². The number of amides is 1. The molecule has 0 spiro atoms. The Morgan fingerprint density at radius 1 is 1.35 bits per heavy atom. The summed E-state index contributed by atoms with van der Waals surface area (Å²) in [6.45, 7) is 1.80. The fraction of sp³-hybridized carbons (Fsp3) is 0.417. The quantitative estimate of drug-likeness (QED) is 0.897. The van der Waals surface area contributed by atoms with Crippen molar-refractivity contribution in [3.05, 3.63) is 33.8 Å². The SMILES string of the molecule is CN(C(=O)c1cc(Cl)cc(Cl)c1)C1CCNC1. The van der Waals surface area contributed by atoms with Crippen molar-refractivity contribution in [1.29, 1.82) is 0 Å². The Bertz CT molecular complexity index is 410. The van der Waals surface area contributed by atoms with E-state index in [9.17, 15) is 4.79 Å². The molecule has 1 aliphatic rings. The Hall–Kier alpha value is -0.770. The first-order chi connectivity index (χ1) is 8.08. The van der Waals surface area contributed by atoms with Crippen molar-refractivity contribution in [2.24, 2.45) is 0 Å². The predicted molar refractivity (Wildman–Crippen MR) is 69.8 cm³/mol. The van der Waals surface area contributed by atoms with E-state index in [4.69, 9.17) is 23.2 Å². The highest BCUT2D eigenvalue weighted by Gasteiger charge is 2.24. The van der Waals surface area contributed by atoms with E-state index >= 15 is 0 Å². The van der Waals surface area contributed by atoms with Crippen molar-refractivity contribution >= 4 is 29.1 Å². The number of hydrogen-bond acceptors (Lipinski definition) is 2. The van der Waals surface area contributed by atoms with Crippen LogP contribution in [-0.4, -0.2) is 37.0 Å². The van der Waals surface area contributed by atoms with Crippen LogP contribution in [0.15, 0.2) is 18.2 Å². The van der Waals surface area contributed by atoms with E-state index in [0.717, 1.165) is 19.5 Å². The number of carbonyl (C=O) groups is 1. The van der Waals surface area contributed by atoms with Crippen LogP contribution < -0.4 is 5.32 Å². The van der Waals surface area contributed by atoms with E-state index in [0.29, 0.717) is 15.6 Å². The average molecular weight is 273 g/mol. The average Bonchev–Trinajstić information content (AvgIpc) is 2.79. The zero-order chi connectivity index (χ0) is 12.4. The second-order valence-electron chi connectivity index (χ2n) is 4.22. The van der Waals surface area contributed by atoms with Crippen molar-refractivity contribution in [3.8, 4) is 0 Å². The zero-order valence-corrected chi connectivity index (χ0v) is 11.1. The van der Waals surface area contributed by atoms with Crippen molar-refractivity contribution in [1.82, 2.24) is 10.2 Å². The number of carbonyl (C=O) groups excluding carboxylic acids is 1. The maximum Gasteiger partial charge on any atom is 0.253 e. The van der Waals surface area contributed by atoms with Gasteiger partial charge >= 0.3 is 0 Å². The molecular weight excluding hydrogens is 259 g/mol. The molecule has 0 aromatic heterocycles. The van der Waals surface area contributed by atoms with E-state index < -0.39 is 0 Å². The summed E-state index contributed by atoms with van der Waals surface area (Å²) in [6, 6.07) is 5.17. The standard InChI is InChI=1S/C12H14Cl2N2O/c1-16(11-2-3-15-7-11)12(17)8-4-9(13)6-10(14)5-8/h4-6,11,15H,2-3,7H2,1H3. The lowest BCUT2D eigenvalue weighted by Gasteiger charge is -2.24. The Kier molecular flexibility index (Phi) is 3.92. The van der Waals surface area contributed by atoms with Gasteiger partial charge in [-0.3, -0.25) is 4.79 Å². The Balaban J connectivity index is 2.17. The van der Waals surface area contributed by atoms with E-state index in [1.54, 1.807) is 23.1 Å². The first-order valence-electron chi connectivity index (χ1n) is 5.52. The van der Waals surface area contributed by atoms with Crippen molar-refractivity contribution in [2.45, 2.75) is 12.5 Å². The van der Waals surface area contributed by atoms with Crippen molar-refractivity contribution < 1.29 is 4.79 Å². The first kappa shape index (κ1) is 12.7. The van der Waals surface area contributed by atoms with Gasteiger partial charge in [-0.1, -0.05) is 23.2 Å². The lowest BCUT2D eigenvalue weighted by atomic mass is 10.1.